The Hall–Kier alpha value is -0.870. The van der Waals surface area contributed by atoms with Crippen LogP contribution in [0.2, 0.25) is 0 Å². The van der Waals surface area contributed by atoms with E-state index in [1.54, 1.807) is 0 Å². The van der Waals surface area contributed by atoms with Crippen molar-refractivity contribution in [3.05, 3.63) is 17.0 Å². The number of aryl methyl sites for hydroxylation is 2. The van der Waals surface area contributed by atoms with Gasteiger partial charge in [0.05, 0.1) is 12.3 Å². The van der Waals surface area contributed by atoms with Gasteiger partial charge in [0.1, 0.15) is 0 Å². The second kappa shape index (κ2) is 5.88. The van der Waals surface area contributed by atoms with Crippen molar-refractivity contribution in [2.24, 2.45) is 0 Å². The highest BCUT2D eigenvalue weighted by Gasteiger charge is 2.09. The molecule has 0 saturated heterocycles. The Balaban J connectivity index is 2.54. The fourth-order valence-corrected chi connectivity index (χ4v) is 1.64. The van der Waals surface area contributed by atoms with E-state index in [9.17, 15) is 0 Å². The summed E-state index contributed by atoms with van der Waals surface area (Å²) < 4.78 is 7.21. The normalized spacial score (nSPS) is 10.9. The summed E-state index contributed by atoms with van der Waals surface area (Å²) in [5, 5.41) is 13.5. The Labute approximate surface area is 90.9 Å². The number of ether oxygens (including phenoxy) is 1. The average molecular weight is 212 g/mol. The molecule has 0 spiro atoms. The Morgan fingerprint density at radius 1 is 1.40 bits per heavy atom. The number of hydrogen-bond acceptors (Lipinski definition) is 3. The van der Waals surface area contributed by atoms with Gasteiger partial charge in [0, 0.05) is 31.0 Å². The quantitative estimate of drug-likeness (QED) is 0.725. The lowest BCUT2D eigenvalue weighted by atomic mass is 10.2. The number of nitrogens with zero attached hydrogens (tertiary/aromatic N) is 2. The Kier molecular flexibility index (Phi) is 4.78. The standard InChI is InChI=1S/C11H20N2O2/c1-4-15-7-5-6-13-10(3)11(8-14)9(2)12-13/h14H,4-8H2,1-3H3. The lowest BCUT2D eigenvalue weighted by Gasteiger charge is -2.04. The number of aliphatic hydroxyl groups excluding tert-OH is 1. The molecule has 0 unspecified atom stereocenters. The molecule has 0 radical (unpaired) electrons. The first-order valence-corrected chi connectivity index (χ1v) is 5.42. The zero-order chi connectivity index (χ0) is 11.3. The molecule has 0 atom stereocenters. The summed E-state index contributed by atoms with van der Waals surface area (Å²) in [6.45, 7) is 8.37. The number of rotatable bonds is 6. The molecule has 15 heavy (non-hydrogen) atoms. The Morgan fingerprint density at radius 3 is 2.67 bits per heavy atom. The lowest BCUT2D eigenvalue weighted by molar-refractivity contribution is 0.140. The number of aliphatic hydroxyl groups is 1. The molecule has 86 valence electrons. The van der Waals surface area contributed by atoms with E-state index in [0.29, 0.717) is 0 Å². The second-order valence-electron chi connectivity index (χ2n) is 3.58. The van der Waals surface area contributed by atoms with Crippen LogP contribution in [0.15, 0.2) is 0 Å². The molecule has 1 N–H and O–H groups in total. The van der Waals surface area contributed by atoms with Crippen molar-refractivity contribution >= 4 is 0 Å². The summed E-state index contributed by atoms with van der Waals surface area (Å²) in [4.78, 5) is 0. The van der Waals surface area contributed by atoms with Crippen LogP contribution in [0, 0.1) is 13.8 Å². The van der Waals surface area contributed by atoms with Gasteiger partial charge < -0.3 is 9.84 Å². The fraction of sp³-hybridized carbons (Fsp3) is 0.727. The summed E-state index contributed by atoms with van der Waals surface area (Å²) in [6, 6.07) is 0. The van der Waals surface area contributed by atoms with E-state index >= 15 is 0 Å². The minimum absolute atomic E-state index is 0.0725. The van der Waals surface area contributed by atoms with Crippen molar-refractivity contribution < 1.29 is 9.84 Å². The molecule has 0 aliphatic heterocycles. The average Bonchev–Trinajstić information content (AvgIpc) is 2.49. The van der Waals surface area contributed by atoms with E-state index < -0.39 is 0 Å². The molecule has 1 aromatic heterocycles. The van der Waals surface area contributed by atoms with Crippen LogP contribution in [0.5, 0.6) is 0 Å². The SMILES string of the molecule is CCOCCCn1nc(C)c(CO)c1C. The minimum Gasteiger partial charge on any atom is -0.392 e. The van der Waals surface area contributed by atoms with Gasteiger partial charge in [0.2, 0.25) is 0 Å². The molecular formula is C11H20N2O2. The highest BCUT2D eigenvalue weighted by atomic mass is 16.5. The molecule has 0 aliphatic carbocycles. The van der Waals surface area contributed by atoms with Gasteiger partial charge in [-0.2, -0.15) is 5.10 Å². The summed E-state index contributed by atoms with van der Waals surface area (Å²) in [6.07, 6.45) is 0.959. The van der Waals surface area contributed by atoms with E-state index in [1.165, 1.54) is 0 Å². The van der Waals surface area contributed by atoms with Crippen LogP contribution in [-0.4, -0.2) is 28.1 Å². The van der Waals surface area contributed by atoms with Crippen molar-refractivity contribution in [3.63, 3.8) is 0 Å². The largest absolute Gasteiger partial charge is 0.392 e. The minimum atomic E-state index is 0.0725. The molecule has 0 aromatic carbocycles. The first-order valence-electron chi connectivity index (χ1n) is 5.42. The van der Waals surface area contributed by atoms with Gasteiger partial charge in [0.15, 0.2) is 0 Å². The summed E-state index contributed by atoms with van der Waals surface area (Å²) in [5.74, 6) is 0. The van der Waals surface area contributed by atoms with Gasteiger partial charge in [-0.3, -0.25) is 4.68 Å². The van der Waals surface area contributed by atoms with Crippen molar-refractivity contribution in [3.8, 4) is 0 Å². The molecule has 4 nitrogen and oxygen atoms in total. The topological polar surface area (TPSA) is 47.3 Å². The zero-order valence-corrected chi connectivity index (χ0v) is 9.79. The van der Waals surface area contributed by atoms with Gasteiger partial charge >= 0.3 is 0 Å². The van der Waals surface area contributed by atoms with E-state index in [-0.39, 0.29) is 6.61 Å². The predicted molar refractivity (Wildman–Crippen MR) is 58.7 cm³/mol. The summed E-state index contributed by atoms with van der Waals surface area (Å²) in [7, 11) is 0. The molecule has 0 fully saturated rings. The fourth-order valence-electron chi connectivity index (χ4n) is 1.64. The van der Waals surface area contributed by atoms with E-state index in [4.69, 9.17) is 9.84 Å². The third-order valence-electron chi connectivity index (χ3n) is 2.55. The van der Waals surface area contributed by atoms with Crippen LogP contribution in [0.25, 0.3) is 0 Å². The van der Waals surface area contributed by atoms with Gasteiger partial charge in [-0.1, -0.05) is 0 Å². The summed E-state index contributed by atoms with van der Waals surface area (Å²) >= 11 is 0. The molecule has 0 amide bonds. The molecule has 0 saturated carbocycles. The maximum absolute atomic E-state index is 9.14. The smallest absolute Gasteiger partial charge is 0.0718 e. The van der Waals surface area contributed by atoms with Gasteiger partial charge in [-0.15, -0.1) is 0 Å². The lowest BCUT2D eigenvalue weighted by Crippen LogP contribution is -2.06. The van der Waals surface area contributed by atoms with Crippen LogP contribution in [0.4, 0.5) is 0 Å². The molecule has 1 heterocycles. The summed E-state index contributed by atoms with van der Waals surface area (Å²) in [5.41, 5.74) is 2.93. The van der Waals surface area contributed by atoms with Crippen molar-refractivity contribution in [1.29, 1.82) is 0 Å². The second-order valence-corrected chi connectivity index (χ2v) is 3.58. The van der Waals surface area contributed by atoms with Crippen molar-refractivity contribution in [1.82, 2.24) is 9.78 Å². The monoisotopic (exact) mass is 212 g/mol. The Morgan fingerprint density at radius 2 is 2.13 bits per heavy atom. The third-order valence-corrected chi connectivity index (χ3v) is 2.55. The first kappa shape index (κ1) is 12.2. The van der Waals surface area contributed by atoms with E-state index in [1.807, 2.05) is 25.5 Å². The molecular weight excluding hydrogens is 192 g/mol. The first-order chi connectivity index (χ1) is 7.20. The highest BCUT2D eigenvalue weighted by Crippen LogP contribution is 2.12. The maximum Gasteiger partial charge on any atom is 0.0718 e. The highest BCUT2D eigenvalue weighted by molar-refractivity contribution is 5.23. The molecule has 1 rings (SSSR count). The van der Waals surface area contributed by atoms with Crippen LogP contribution < -0.4 is 0 Å². The third kappa shape index (κ3) is 3.04. The number of hydrogen-bond donors (Lipinski definition) is 1. The van der Waals surface area contributed by atoms with Crippen LogP contribution in [-0.2, 0) is 17.9 Å². The maximum atomic E-state index is 9.14. The zero-order valence-electron chi connectivity index (χ0n) is 9.79. The van der Waals surface area contributed by atoms with Gasteiger partial charge in [-0.05, 0) is 27.2 Å². The van der Waals surface area contributed by atoms with Crippen LogP contribution >= 0.6 is 0 Å². The van der Waals surface area contributed by atoms with Crippen LogP contribution in [0.3, 0.4) is 0 Å². The molecule has 0 bridgehead atoms. The molecule has 1 aromatic rings. The Bertz CT molecular complexity index is 308. The van der Waals surface area contributed by atoms with Crippen molar-refractivity contribution in [2.75, 3.05) is 13.2 Å². The van der Waals surface area contributed by atoms with Gasteiger partial charge in [-0.25, -0.2) is 0 Å². The molecule has 0 aliphatic rings. The van der Waals surface area contributed by atoms with E-state index in [0.717, 1.165) is 43.1 Å². The molecule has 4 heteroatoms. The van der Waals surface area contributed by atoms with E-state index in [2.05, 4.69) is 5.10 Å². The number of aromatic nitrogens is 2. The van der Waals surface area contributed by atoms with Crippen LogP contribution in [0.1, 0.15) is 30.3 Å². The predicted octanol–water partition coefficient (Wildman–Crippen LogP) is 1.42. The van der Waals surface area contributed by atoms with Gasteiger partial charge in [0.25, 0.3) is 0 Å². The van der Waals surface area contributed by atoms with Crippen molar-refractivity contribution in [2.45, 2.75) is 40.3 Å².